The van der Waals surface area contributed by atoms with E-state index < -0.39 is 0 Å². The summed E-state index contributed by atoms with van der Waals surface area (Å²) in [6, 6.07) is 11.3. The number of ether oxygens (including phenoxy) is 1. The summed E-state index contributed by atoms with van der Waals surface area (Å²) in [7, 11) is 1.64. The maximum absolute atomic E-state index is 13.3. The van der Waals surface area contributed by atoms with Gasteiger partial charge in [-0.25, -0.2) is 9.78 Å². The first-order chi connectivity index (χ1) is 14.1. The van der Waals surface area contributed by atoms with E-state index in [1.807, 2.05) is 29.2 Å². The van der Waals surface area contributed by atoms with Crippen LogP contribution in [0.2, 0.25) is 0 Å². The van der Waals surface area contributed by atoms with Crippen molar-refractivity contribution in [3.05, 3.63) is 58.7 Å². The van der Waals surface area contributed by atoms with Gasteiger partial charge in [-0.2, -0.15) is 0 Å². The topological polar surface area (TPSA) is 77.6 Å². The molecule has 1 saturated heterocycles. The molecule has 5 rings (SSSR count). The number of likely N-dealkylation sites (tertiary alicyclic amines) is 1. The molecular formula is C22H23N3O4. The Labute approximate surface area is 167 Å². The van der Waals surface area contributed by atoms with E-state index in [1.54, 1.807) is 30.0 Å². The average Bonchev–Trinajstić information content (AvgIpc) is 3.50. The zero-order chi connectivity index (χ0) is 20.0. The minimum atomic E-state index is -0.389. The highest BCUT2D eigenvalue weighted by molar-refractivity contribution is 5.91. The van der Waals surface area contributed by atoms with Crippen molar-refractivity contribution in [2.75, 3.05) is 20.2 Å². The lowest BCUT2D eigenvalue weighted by atomic mass is 9.92. The maximum Gasteiger partial charge on any atom is 0.421 e. The highest BCUT2D eigenvalue weighted by Gasteiger charge is 2.53. The summed E-state index contributed by atoms with van der Waals surface area (Å²) in [5, 5.41) is 0. The standard InChI is InChI=1S/C22H23N3O4/c1-28-17-6-4-15(5-7-17)22(10-11-22)20(26)24-13-8-16(9-14-24)25-19-18(29-21(25)27)3-2-12-23-19/h2-7,12,16H,8-11,13-14H2,1H3. The Morgan fingerprint density at radius 1 is 1.17 bits per heavy atom. The summed E-state index contributed by atoms with van der Waals surface area (Å²) in [5.74, 6) is 0.619. The normalized spacial score (nSPS) is 18.7. The van der Waals surface area contributed by atoms with E-state index >= 15 is 0 Å². The predicted octanol–water partition coefficient (Wildman–Crippen LogP) is 2.89. The molecule has 3 aromatic rings. The van der Waals surface area contributed by atoms with Crippen molar-refractivity contribution in [1.29, 1.82) is 0 Å². The number of carbonyl (C=O) groups is 1. The second-order valence-corrected chi connectivity index (χ2v) is 7.90. The highest BCUT2D eigenvalue weighted by Crippen LogP contribution is 2.50. The van der Waals surface area contributed by atoms with Gasteiger partial charge in [-0.15, -0.1) is 0 Å². The van der Waals surface area contributed by atoms with Crippen LogP contribution in [0.5, 0.6) is 5.75 Å². The smallest absolute Gasteiger partial charge is 0.421 e. The first-order valence-corrected chi connectivity index (χ1v) is 10.0. The van der Waals surface area contributed by atoms with Crippen molar-refractivity contribution in [1.82, 2.24) is 14.5 Å². The van der Waals surface area contributed by atoms with E-state index in [4.69, 9.17) is 9.15 Å². The first kappa shape index (κ1) is 18.0. The summed E-state index contributed by atoms with van der Waals surface area (Å²) < 4.78 is 12.2. The molecule has 2 fully saturated rings. The summed E-state index contributed by atoms with van der Waals surface area (Å²) in [6.07, 6.45) is 4.87. The van der Waals surface area contributed by atoms with Gasteiger partial charge >= 0.3 is 5.76 Å². The zero-order valence-electron chi connectivity index (χ0n) is 16.3. The lowest BCUT2D eigenvalue weighted by molar-refractivity contribution is -0.135. The van der Waals surface area contributed by atoms with Crippen LogP contribution in [0.1, 0.15) is 37.3 Å². The Morgan fingerprint density at radius 2 is 1.90 bits per heavy atom. The average molecular weight is 393 g/mol. The van der Waals surface area contributed by atoms with Gasteiger partial charge in [0.25, 0.3) is 0 Å². The van der Waals surface area contributed by atoms with Crippen LogP contribution in [0.4, 0.5) is 0 Å². The lowest BCUT2D eigenvalue weighted by Crippen LogP contribution is -2.45. The van der Waals surface area contributed by atoms with Gasteiger partial charge in [-0.05, 0) is 55.5 Å². The van der Waals surface area contributed by atoms with Crippen LogP contribution >= 0.6 is 0 Å². The number of fused-ring (bicyclic) bond motifs is 1. The van der Waals surface area contributed by atoms with Gasteiger partial charge in [0.2, 0.25) is 5.91 Å². The summed E-state index contributed by atoms with van der Waals surface area (Å²) in [6.45, 7) is 1.26. The van der Waals surface area contributed by atoms with E-state index in [0.29, 0.717) is 24.3 Å². The Bertz CT molecular complexity index is 1100. The number of hydrogen-bond acceptors (Lipinski definition) is 5. The molecule has 7 heteroatoms. The molecule has 0 unspecified atom stereocenters. The molecule has 0 atom stereocenters. The molecule has 2 aromatic heterocycles. The number of methoxy groups -OCH3 is 1. The first-order valence-electron chi connectivity index (χ1n) is 10.0. The number of piperidine rings is 1. The third-order valence-corrected chi connectivity index (χ3v) is 6.29. The number of pyridine rings is 1. The van der Waals surface area contributed by atoms with Gasteiger partial charge in [0.15, 0.2) is 11.2 Å². The molecule has 0 bridgehead atoms. The molecule has 1 aromatic carbocycles. The molecule has 2 aliphatic rings. The number of rotatable bonds is 4. The van der Waals surface area contributed by atoms with Crippen LogP contribution in [-0.2, 0) is 10.2 Å². The van der Waals surface area contributed by atoms with Gasteiger partial charge in [-0.1, -0.05) is 12.1 Å². The van der Waals surface area contributed by atoms with Crippen LogP contribution in [0, 0.1) is 0 Å². The molecule has 150 valence electrons. The molecule has 1 aliphatic heterocycles. The van der Waals surface area contributed by atoms with Crippen molar-refractivity contribution >= 4 is 17.1 Å². The molecule has 0 radical (unpaired) electrons. The van der Waals surface area contributed by atoms with Gasteiger partial charge in [0, 0.05) is 25.3 Å². The third-order valence-electron chi connectivity index (χ3n) is 6.29. The number of hydrogen-bond donors (Lipinski definition) is 0. The van der Waals surface area contributed by atoms with Gasteiger partial charge < -0.3 is 14.1 Å². The summed E-state index contributed by atoms with van der Waals surface area (Å²) in [5.41, 5.74) is 1.76. The van der Waals surface area contributed by atoms with E-state index in [9.17, 15) is 9.59 Å². The molecule has 0 N–H and O–H groups in total. The molecule has 7 nitrogen and oxygen atoms in total. The molecule has 1 saturated carbocycles. The second-order valence-electron chi connectivity index (χ2n) is 7.90. The van der Waals surface area contributed by atoms with Gasteiger partial charge in [0.05, 0.1) is 12.5 Å². The minimum Gasteiger partial charge on any atom is -0.497 e. The van der Waals surface area contributed by atoms with Crippen molar-refractivity contribution < 1.29 is 13.9 Å². The number of amides is 1. The summed E-state index contributed by atoms with van der Waals surface area (Å²) in [4.78, 5) is 31.9. The Morgan fingerprint density at radius 3 is 2.55 bits per heavy atom. The third kappa shape index (κ3) is 2.92. The monoisotopic (exact) mass is 393 g/mol. The van der Waals surface area contributed by atoms with E-state index in [2.05, 4.69) is 4.98 Å². The number of carbonyl (C=O) groups excluding carboxylic acids is 1. The molecule has 0 spiro atoms. The van der Waals surface area contributed by atoms with E-state index in [1.165, 1.54) is 0 Å². The molecular weight excluding hydrogens is 370 g/mol. The molecule has 29 heavy (non-hydrogen) atoms. The van der Waals surface area contributed by atoms with Crippen molar-refractivity contribution in [3.63, 3.8) is 0 Å². The quantitative estimate of drug-likeness (QED) is 0.681. The van der Waals surface area contributed by atoms with E-state index in [0.717, 1.165) is 37.0 Å². The number of benzene rings is 1. The molecule has 1 amide bonds. The number of oxazole rings is 1. The van der Waals surface area contributed by atoms with Crippen molar-refractivity contribution in [2.45, 2.75) is 37.1 Å². The van der Waals surface area contributed by atoms with Crippen molar-refractivity contribution in [2.24, 2.45) is 0 Å². The molecule has 1 aliphatic carbocycles. The minimum absolute atomic E-state index is 0.00107. The SMILES string of the molecule is COc1ccc(C2(C(=O)N3CCC(n4c(=O)oc5cccnc54)CC3)CC2)cc1. The fourth-order valence-electron chi connectivity index (χ4n) is 4.49. The Hall–Kier alpha value is -3.09. The van der Waals surface area contributed by atoms with Crippen LogP contribution < -0.4 is 10.5 Å². The van der Waals surface area contributed by atoms with Gasteiger partial charge in [-0.3, -0.25) is 9.36 Å². The van der Waals surface area contributed by atoms with Crippen LogP contribution in [0.25, 0.3) is 11.2 Å². The zero-order valence-corrected chi connectivity index (χ0v) is 16.3. The van der Waals surface area contributed by atoms with Crippen molar-refractivity contribution in [3.8, 4) is 5.75 Å². The Kier molecular flexibility index (Phi) is 4.19. The largest absolute Gasteiger partial charge is 0.497 e. The summed E-state index contributed by atoms with van der Waals surface area (Å²) >= 11 is 0. The van der Waals surface area contributed by atoms with E-state index in [-0.39, 0.29) is 23.1 Å². The maximum atomic E-state index is 13.3. The fourth-order valence-corrected chi connectivity index (χ4v) is 4.49. The van der Waals surface area contributed by atoms with Crippen LogP contribution in [0.3, 0.4) is 0 Å². The van der Waals surface area contributed by atoms with Crippen LogP contribution in [-0.4, -0.2) is 40.6 Å². The van der Waals surface area contributed by atoms with Crippen LogP contribution in [0.15, 0.2) is 51.8 Å². The fraction of sp³-hybridized carbons (Fsp3) is 0.409. The predicted molar refractivity (Wildman–Crippen MR) is 107 cm³/mol. The lowest BCUT2D eigenvalue weighted by Gasteiger charge is -2.34. The Balaban J connectivity index is 1.32. The van der Waals surface area contributed by atoms with Gasteiger partial charge in [0.1, 0.15) is 5.75 Å². The molecule has 3 heterocycles. The number of aromatic nitrogens is 2. The number of nitrogens with zero attached hydrogens (tertiary/aromatic N) is 3. The highest BCUT2D eigenvalue weighted by atomic mass is 16.5. The second kappa shape index (κ2) is 6.76.